The van der Waals surface area contributed by atoms with Crippen molar-refractivity contribution in [2.75, 3.05) is 18.6 Å². The van der Waals surface area contributed by atoms with E-state index in [9.17, 15) is 13.5 Å². The molecule has 3 N–H and O–H groups in total. The van der Waals surface area contributed by atoms with Gasteiger partial charge >= 0.3 is 0 Å². The van der Waals surface area contributed by atoms with Crippen LogP contribution in [0.2, 0.25) is 0 Å². The topological polar surface area (TPSA) is 96.5 Å². The van der Waals surface area contributed by atoms with Crippen LogP contribution < -0.4 is 10.0 Å². The van der Waals surface area contributed by atoms with Gasteiger partial charge in [0, 0.05) is 13.7 Å². The van der Waals surface area contributed by atoms with Crippen LogP contribution in [0.5, 0.6) is 0 Å². The fourth-order valence-corrected chi connectivity index (χ4v) is 4.26. The molecule has 0 saturated carbocycles. The number of nitrogens with two attached hydrogens (primary N) is 1. The first-order chi connectivity index (χ1) is 10.3. The van der Waals surface area contributed by atoms with Crippen LogP contribution in [0.15, 0.2) is 34.5 Å². The Morgan fingerprint density at radius 1 is 1.36 bits per heavy atom. The van der Waals surface area contributed by atoms with Gasteiger partial charge in [0.25, 0.3) is 0 Å². The molecule has 0 saturated heterocycles. The Balaban J connectivity index is 2.38. The summed E-state index contributed by atoms with van der Waals surface area (Å²) in [6, 6.07) is 9.62. The van der Waals surface area contributed by atoms with E-state index in [1.807, 2.05) is 42.3 Å². The van der Waals surface area contributed by atoms with Crippen LogP contribution in [0.25, 0.3) is 0 Å². The molecule has 6 nitrogen and oxygen atoms in total. The lowest BCUT2D eigenvalue weighted by atomic mass is 10.0. The third-order valence-electron chi connectivity index (χ3n) is 3.36. The second-order valence-electron chi connectivity index (χ2n) is 4.96. The zero-order valence-electron chi connectivity index (χ0n) is 12.4. The molecule has 1 aromatic carbocycles. The van der Waals surface area contributed by atoms with Gasteiger partial charge in [0.15, 0.2) is 9.34 Å². The molecule has 1 unspecified atom stereocenters. The van der Waals surface area contributed by atoms with Gasteiger partial charge in [-0.25, -0.2) is 18.5 Å². The average molecular weight is 341 g/mol. The highest BCUT2D eigenvalue weighted by molar-refractivity contribution is 7.91. The Hall–Kier alpha value is -1.48. The minimum atomic E-state index is -3.77. The van der Waals surface area contributed by atoms with E-state index in [4.69, 9.17) is 5.14 Å². The van der Waals surface area contributed by atoms with Gasteiger partial charge in [0.2, 0.25) is 10.0 Å². The first-order valence-corrected chi connectivity index (χ1v) is 9.09. The quantitative estimate of drug-likeness (QED) is 0.833. The lowest BCUT2D eigenvalue weighted by Gasteiger charge is -2.27. The zero-order chi connectivity index (χ0) is 16.3. The van der Waals surface area contributed by atoms with Gasteiger partial charge in [-0.05, 0) is 18.9 Å². The van der Waals surface area contributed by atoms with Crippen LogP contribution in [0.4, 0.5) is 5.13 Å². The van der Waals surface area contributed by atoms with Crippen molar-refractivity contribution in [2.45, 2.75) is 23.6 Å². The number of rotatable bonds is 6. The molecule has 2 aromatic rings. The number of sulfonamides is 1. The monoisotopic (exact) mass is 341 g/mol. The first-order valence-electron chi connectivity index (χ1n) is 6.73. The van der Waals surface area contributed by atoms with E-state index in [1.165, 1.54) is 0 Å². The highest BCUT2D eigenvalue weighted by Crippen LogP contribution is 2.34. The standard InChI is InChI=1S/C14H19N3O3S2/c1-10-13(22(15,19)20)21-14(16-10)17(2)12(8-9-18)11-6-4-3-5-7-11/h3-7,12,18H,8-9H2,1-2H3,(H2,15,19,20). The van der Waals surface area contributed by atoms with Crippen molar-refractivity contribution in [1.82, 2.24) is 4.98 Å². The Morgan fingerprint density at radius 3 is 2.50 bits per heavy atom. The number of aromatic nitrogens is 1. The highest BCUT2D eigenvalue weighted by Gasteiger charge is 2.24. The maximum atomic E-state index is 11.5. The van der Waals surface area contributed by atoms with E-state index in [0.717, 1.165) is 16.9 Å². The second kappa shape index (κ2) is 6.74. The van der Waals surface area contributed by atoms with Crippen LogP contribution in [-0.2, 0) is 10.0 Å². The third-order valence-corrected chi connectivity index (χ3v) is 6.16. The molecule has 1 heterocycles. The van der Waals surface area contributed by atoms with Gasteiger partial charge in [-0.1, -0.05) is 41.7 Å². The fourth-order valence-electron chi connectivity index (χ4n) is 2.30. The smallest absolute Gasteiger partial charge is 0.249 e. The van der Waals surface area contributed by atoms with E-state index in [-0.39, 0.29) is 16.9 Å². The summed E-state index contributed by atoms with van der Waals surface area (Å²) in [5.74, 6) is 0. The number of aliphatic hydroxyl groups excluding tert-OH is 1. The van der Waals surface area contributed by atoms with Gasteiger partial charge in [-0.3, -0.25) is 0 Å². The number of primary sulfonamides is 1. The molecule has 0 radical (unpaired) electrons. The van der Waals surface area contributed by atoms with Crippen molar-refractivity contribution >= 4 is 26.5 Å². The lowest BCUT2D eigenvalue weighted by molar-refractivity contribution is 0.275. The number of aryl methyl sites for hydroxylation is 1. The first kappa shape index (κ1) is 16.9. The molecule has 1 atom stereocenters. The summed E-state index contributed by atoms with van der Waals surface area (Å²) in [5, 5.41) is 15.1. The number of thiazole rings is 1. The third kappa shape index (κ3) is 3.64. The number of benzene rings is 1. The van der Waals surface area contributed by atoms with E-state index >= 15 is 0 Å². The molecule has 0 spiro atoms. The number of hydrogen-bond donors (Lipinski definition) is 2. The van der Waals surface area contributed by atoms with Gasteiger partial charge in [-0.15, -0.1) is 0 Å². The van der Waals surface area contributed by atoms with Crippen LogP contribution in [0.1, 0.15) is 23.7 Å². The Morgan fingerprint density at radius 2 is 2.00 bits per heavy atom. The van der Waals surface area contributed by atoms with Gasteiger partial charge in [0.1, 0.15) is 0 Å². The van der Waals surface area contributed by atoms with Crippen molar-refractivity contribution in [2.24, 2.45) is 5.14 Å². The molecule has 2 rings (SSSR count). The van der Waals surface area contributed by atoms with Crippen molar-refractivity contribution in [1.29, 1.82) is 0 Å². The van der Waals surface area contributed by atoms with Crippen molar-refractivity contribution in [3.05, 3.63) is 41.6 Å². The Labute approximate surface area is 134 Å². The van der Waals surface area contributed by atoms with Gasteiger partial charge < -0.3 is 10.0 Å². The Bertz CT molecular complexity index is 729. The van der Waals surface area contributed by atoms with Crippen molar-refractivity contribution in [3.63, 3.8) is 0 Å². The maximum Gasteiger partial charge on any atom is 0.249 e. The zero-order valence-corrected chi connectivity index (χ0v) is 14.1. The summed E-state index contributed by atoms with van der Waals surface area (Å²) in [7, 11) is -1.94. The summed E-state index contributed by atoms with van der Waals surface area (Å²) in [5.41, 5.74) is 1.43. The number of aliphatic hydroxyl groups is 1. The summed E-state index contributed by atoms with van der Waals surface area (Å²) in [4.78, 5) is 6.18. The van der Waals surface area contributed by atoms with Crippen molar-refractivity contribution < 1.29 is 13.5 Å². The molecule has 0 aliphatic rings. The number of nitrogens with zero attached hydrogens (tertiary/aromatic N) is 2. The van der Waals surface area contributed by atoms with E-state index < -0.39 is 10.0 Å². The molecule has 0 bridgehead atoms. The normalized spacial score (nSPS) is 13.1. The van der Waals surface area contributed by atoms with Crippen LogP contribution >= 0.6 is 11.3 Å². The second-order valence-corrected chi connectivity index (χ2v) is 7.70. The largest absolute Gasteiger partial charge is 0.396 e. The summed E-state index contributed by atoms with van der Waals surface area (Å²) >= 11 is 1.04. The summed E-state index contributed by atoms with van der Waals surface area (Å²) < 4.78 is 23.2. The van der Waals surface area contributed by atoms with E-state index in [0.29, 0.717) is 17.2 Å². The molecule has 0 aliphatic heterocycles. The highest BCUT2D eigenvalue weighted by atomic mass is 32.2. The molecular weight excluding hydrogens is 322 g/mol. The summed E-state index contributed by atoms with van der Waals surface area (Å²) in [6.45, 7) is 1.65. The molecule has 0 aliphatic carbocycles. The predicted molar refractivity (Wildman–Crippen MR) is 87.5 cm³/mol. The van der Waals surface area contributed by atoms with E-state index in [2.05, 4.69) is 4.98 Å². The minimum Gasteiger partial charge on any atom is -0.396 e. The van der Waals surface area contributed by atoms with E-state index in [1.54, 1.807) is 6.92 Å². The molecular formula is C14H19N3O3S2. The molecule has 1 aromatic heterocycles. The lowest BCUT2D eigenvalue weighted by Crippen LogP contribution is -2.25. The van der Waals surface area contributed by atoms with Crippen LogP contribution in [-0.4, -0.2) is 32.2 Å². The Kier molecular flexibility index (Phi) is 5.17. The minimum absolute atomic E-state index is 0.0241. The summed E-state index contributed by atoms with van der Waals surface area (Å²) in [6.07, 6.45) is 0.518. The predicted octanol–water partition coefficient (Wildman–Crippen LogP) is 1.66. The maximum absolute atomic E-state index is 11.5. The van der Waals surface area contributed by atoms with Gasteiger partial charge in [-0.2, -0.15) is 0 Å². The average Bonchev–Trinajstić information content (AvgIpc) is 2.87. The fraction of sp³-hybridized carbons (Fsp3) is 0.357. The molecule has 0 amide bonds. The van der Waals surface area contributed by atoms with Gasteiger partial charge in [0.05, 0.1) is 11.7 Å². The molecule has 0 fully saturated rings. The number of anilines is 1. The molecule has 8 heteroatoms. The molecule has 22 heavy (non-hydrogen) atoms. The SMILES string of the molecule is Cc1nc(N(C)C(CCO)c2ccccc2)sc1S(N)(=O)=O. The van der Waals surface area contributed by atoms with Crippen molar-refractivity contribution in [3.8, 4) is 0 Å². The van der Waals surface area contributed by atoms with Crippen LogP contribution in [0, 0.1) is 6.92 Å². The number of hydrogen-bond acceptors (Lipinski definition) is 6. The van der Waals surface area contributed by atoms with Crippen LogP contribution in [0.3, 0.4) is 0 Å². The molecule has 120 valence electrons.